The smallest absolute Gasteiger partial charge is 0.251 e. The lowest BCUT2D eigenvalue weighted by Crippen LogP contribution is -2.28. The molecule has 1 aromatic heterocycles. The number of rotatable bonds is 4. The fraction of sp³-hybridized carbons (Fsp3) is 0.375. The molecule has 0 aliphatic carbocycles. The maximum absolute atomic E-state index is 11.8. The van der Waals surface area contributed by atoms with Gasteiger partial charge in [-0.1, -0.05) is 18.2 Å². The minimum absolute atomic E-state index is 0.0396. The standard InChI is InChI=1S/C16H19N3OS/c20-16-10-14(12-6-8-17-9-7-12)18-15(19-16)11-21-13-4-2-1-3-5-13/h1-5,10,12,17H,6-9,11H2,(H,18,19,20). The summed E-state index contributed by atoms with van der Waals surface area (Å²) in [6.07, 6.45) is 2.11. The topological polar surface area (TPSA) is 57.8 Å². The summed E-state index contributed by atoms with van der Waals surface area (Å²) < 4.78 is 0. The summed E-state index contributed by atoms with van der Waals surface area (Å²) >= 11 is 1.69. The summed E-state index contributed by atoms with van der Waals surface area (Å²) in [4.78, 5) is 20.6. The molecule has 1 aliphatic heterocycles. The van der Waals surface area contributed by atoms with Gasteiger partial charge in [0.2, 0.25) is 0 Å². The number of benzene rings is 1. The Kier molecular flexibility index (Phi) is 4.72. The molecule has 1 saturated heterocycles. The highest BCUT2D eigenvalue weighted by Crippen LogP contribution is 2.24. The molecular formula is C16H19N3OS. The molecule has 0 radical (unpaired) electrons. The van der Waals surface area contributed by atoms with Gasteiger partial charge in [-0.25, -0.2) is 4.98 Å². The van der Waals surface area contributed by atoms with Crippen molar-refractivity contribution < 1.29 is 0 Å². The van der Waals surface area contributed by atoms with E-state index in [1.165, 1.54) is 4.90 Å². The average Bonchev–Trinajstić information content (AvgIpc) is 2.54. The first kappa shape index (κ1) is 14.4. The van der Waals surface area contributed by atoms with Crippen LogP contribution < -0.4 is 10.9 Å². The molecule has 5 heteroatoms. The number of hydrogen-bond donors (Lipinski definition) is 2. The molecule has 1 aromatic carbocycles. The molecule has 4 nitrogen and oxygen atoms in total. The zero-order valence-corrected chi connectivity index (χ0v) is 12.7. The monoisotopic (exact) mass is 301 g/mol. The summed E-state index contributed by atoms with van der Waals surface area (Å²) in [5, 5.41) is 3.34. The molecule has 2 N–H and O–H groups in total. The van der Waals surface area contributed by atoms with Crippen LogP contribution in [-0.4, -0.2) is 23.1 Å². The summed E-state index contributed by atoms with van der Waals surface area (Å²) in [7, 11) is 0. The van der Waals surface area contributed by atoms with Gasteiger partial charge in [0, 0.05) is 16.9 Å². The largest absolute Gasteiger partial charge is 0.317 e. The molecule has 0 spiro atoms. The van der Waals surface area contributed by atoms with E-state index in [1.54, 1.807) is 17.8 Å². The molecule has 2 aromatic rings. The van der Waals surface area contributed by atoms with E-state index in [0.29, 0.717) is 11.7 Å². The Morgan fingerprint density at radius 1 is 1.19 bits per heavy atom. The van der Waals surface area contributed by atoms with E-state index in [0.717, 1.165) is 37.4 Å². The Balaban J connectivity index is 1.73. The summed E-state index contributed by atoms with van der Waals surface area (Å²) in [5.74, 6) is 1.87. The van der Waals surface area contributed by atoms with Crippen LogP contribution in [-0.2, 0) is 5.75 Å². The molecule has 0 bridgehead atoms. The maximum Gasteiger partial charge on any atom is 0.251 e. The van der Waals surface area contributed by atoms with Crippen LogP contribution in [0.3, 0.4) is 0 Å². The molecular weight excluding hydrogens is 282 g/mol. The summed E-state index contributed by atoms with van der Waals surface area (Å²) in [6.45, 7) is 2.01. The minimum Gasteiger partial charge on any atom is -0.317 e. The maximum atomic E-state index is 11.8. The fourth-order valence-corrected chi connectivity index (χ4v) is 3.38. The first-order valence-electron chi connectivity index (χ1n) is 7.30. The summed E-state index contributed by atoms with van der Waals surface area (Å²) in [6, 6.07) is 11.8. The number of thioether (sulfide) groups is 1. The van der Waals surface area contributed by atoms with E-state index < -0.39 is 0 Å². The van der Waals surface area contributed by atoms with Crippen LogP contribution in [0.2, 0.25) is 0 Å². The van der Waals surface area contributed by atoms with Crippen LogP contribution in [0.1, 0.15) is 30.3 Å². The van der Waals surface area contributed by atoms with Crippen LogP contribution in [0.5, 0.6) is 0 Å². The van der Waals surface area contributed by atoms with Crippen molar-refractivity contribution in [3.05, 3.63) is 58.3 Å². The quantitative estimate of drug-likeness (QED) is 0.852. The third-order valence-electron chi connectivity index (χ3n) is 3.69. The van der Waals surface area contributed by atoms with Crippen LogP contribution in [0, 0.1) is 0 Å². The van der Waals surface area contributed by atoms with E-state index in [4.69, 9.17) is 0 Å². The van der Waals surface area contributed by atoms with Crippen LogP contribution in [0.4, 0.5) is 0 Å². The predicted octanol–water partition coefficient (Wildman–Crippen LogP) is 2.53. The fourth-order valence-electron chi connectivity index (χ4n) is 2.59. The number of hydrogen-bond acceptors (Lipinski definition) is 4. The van der Waals surface area contributed by atoms with Crippen molar-refractivity contribution in [3.63, 3.8) is 0 Å². The highest BCUT2D eigenvalue weighted by Gasteiger charge is 2.17. The molecule has 0 amide bonds. The van der Waals surface area contributed by atoms with Crippen molar-refractivity contribution in [2.45, 2.75) is 29.4 Å². The highest BCUT2D eigenvalue weighted by atomic mass is 32.2. The molecule has 0 atom stereocenters. The zero-order chi connectivity index (χ0) is 14.5. The van der Waals surface area contributed by atoms with Crippen LogP contribution in [0.25, 0.3) is 0 Å². The number of aromatic amines is 1. The third-order valence-corrected chi connectivity index (χ3v) is 4.71. The lowest BCUT2D eigenvalue weighted by atomic mass is 9.94. The number of piperidine rings is 1. The van der Waals surface area contributed by atoms with Gasteiger partial charge in [0.05, 0.1) is 11.4 Å². The first-order chi connectivity index (χ1) is 10.3. The van der Waals surface area contributed by atoms with Crippen molar-refractivity contribution in [1.29, 1.82) is 0 Å². The molecule has 0 unspecified atom stereocenters. The Morgan fingerprint density at radius 3 is 2.71 bits per heavy atom. The number of H-pyrrole nitrogens is 1. The van der Waals surface area contributed by atoms with Crippen molar-refractivity contribution in [3.8, 4) is 0 Å². The van der Waals surface area contributed by atoms with Crippen molar-refractivity contribution in [1.82, 2.24) is 15.3 Å². The SMILES string of the molecule is O=c1cc(C2CCNCC2)nc(CSc2ccccc2)[nH]1. The number of aromatic nitrogens is 2. The van der Waals surface area contributed by atoms with Gasteiger partial charge in [-0.15, -0.1) is 11.8 Å². The first-order valence-corrected chi connectivity index (χ1v) is 8.28. The third kappa shape index (κ3) is 3.95. The Labute approximate surface area is 128 Å². The molecule has 0 saturated carbocycles. The average molecular weight is 301 g/mol. The molecule has 3 rings (SSSR count). The van der Waals surface area contributed by atoms with E-state index in [2.05, 4.69) is 27.4 Å². The second-order valence-electron chi connectivity index (χ2n) is 5.24. The zero-order valence-electron chi connectivity index (χ0n) is 11.8. The second kappa shape index (κ2) is 6.91. The van der Waals surface area contributed by atoms with Gasteiger partial charge in [-0.2, -0.15) is 0 Å². The van der Waals surface area contributed by atoms with Gasteiger partial charge >= 0.3 is 0 Å². The van der Waals surface area contributed by atoms with Crippen molar-refractivity contribution >= 4 is 11.8 Å². The van der Waals surface area contributed by atoms with Crippen LogP contribution in [0.15, 0.2) is 46.1 Å². The van der Waals surface area contributed by atoms with Gasteiger partial charge in [-0.05, 0) is 38.1 Å². The van der Waals surface area contributed by atoms with Gasteiger partial charge in [-0.3, -0.25) is 4.79 Å². The van der Waals surface area contributed by atoms with Gasteiger partial charge in [0.25, 0.3) is 5.56 Å². The predicted molar refractivity (Wildman–Crippen MR) is 85.7 cm³/mol. The number of nitrogens with zero attached hydrogens (tertiary/aromatic N) is 1. The number of nitrogens with one attached hydrogen (secondary N) is 2. The minimum atomic E-state index is -0.0396. The second-order valence-corrected chi connectivity index (χ2v) is 6.29. The Hall–Kier alpha value is -1.59. The van der Waals surface area contributed by atoms with Gasteiger partial charge < -0.3 is 10.3 Å². The Bertz CT molecular complexity index is 635. The van der Waals surface area contributed by atoms with Crippen molar-refractivity contribution in [2.75, 3.05) is 13.1 Å². The Morgan fingerprint density at radius 2 is 1.95 bits per heavy atom. The molecule has 21 heavy (non-hydrogen) atoms. The van der Waals surface area contributed by atoms with Gasteiger partial charge in [0.1, 0.15) is 5.82 Å². The van der Waals surface area contributed by atoms with E-state index >= 15 is 0 Å². The molecule has 2 heterocycles. The highest BCUT2D eigenvalue weighted by molar-refractivity contribution is 7.98. The van der Waals surface area contributed by atoms with Crippen LogP contribution >= 0.6 is 11.8 Å². The van der Waals surface area contributed by atoms with E-state index in [-0.39, 0.29) is 5.56 Å². The molecule has 1 fully saturated rings. The van der Waals surface area contributed by atoms with Gasteiger partial charge in [0.15, 0.2) is 0 Å². The van der Waals surface area contributed by atoms with E-state index in [1.807, 2.05) is 18.2 Å². The van der Waals surface area contributed by atoms with Crippen molar-refractivity contribution in [2.24, 2.45) is 0 Å². The summed E-state index contributed by atoms with van der Waals surface area (Å²) in [5.41, 5.74) is 0.908. The van der Waals surface area contributed by atoms with E-state index in [9.17, 15) is 4.79 Å². The molecule has 1 aliphatic rings. The lowest BCUT2D eigenvalue weighted by Gasteiger charge is -2.22. The normalized spacial score (nSPS) is 16.0. The lowest BCUT2D eigenvalue weighted by molar-refractivity contribution is 0.451. The molecule has 110 valence electrons.